The van der Waals surface area contributed by atoms with Gasteiger partial charge < -0.3 is 0 Å². The Labute approximate surface area is 108 Å². The number of halogens is 1. The van der Waals surface area contributed by atoms with E-state index in [0.717, 1.165) is 26.9 Å². The summed E-state index contributed by atoms with van der Waals surface area (Å²) in [6.07, 6.45) is 3.20. The number of unbranched alkanes of at least 4 members (excludes halogenated alkanes) is 1. The molecule has 0 saturated heterocycles. The van der Waals surface area contributed by atoms with Crippen LogP contribution in [0.2, 0.25) is 0 Å². The molecule has 1 aromatic rings. The van der Waals surface area contributed by atoms with E-state index >= 15 is 0 Å². The highest BCUT2D eigenvalue weighted by molar-refractivity contribution is 9.11. The zero-order valence-electron chi connectivity index (χ0n) is 8.85. The zero-order valence-corrected chi connectivity index (χ0v) is 12.1. The van der Waals surface area contributed by atoms with Crippen molar-refractivity contribution in [2.24, 2.45) is 0 Å². The van der Waals surface area contributed by atoms with Gasteiger partial charge in [-0.25, -0.2) is 0 Å². The van der Waals surface area contributed by atoms with Gasteiger partial charge in [0.15, 0.2) is 0 Å². The van der Waals surface area contributed by atoms with E-state index < -0.39 is 10.1 Å². The van der Waals surface area contributed by atoms with Crippen molar-refractivity contribution in [2.75, 3.05) is 6.61 Å². The standard InChI is InChI=1S/C10H13BrO3S2/c1-2-3-7-14-16(12,13)8-6-9-4-5-10(11)15-9/h4-6,8H,2-3,7H2,1H3. The highest BCUT2D eigenvalue weighted by Gasteiger charge is 2.05. The molecule has 0 spiro atoms. The second kappa shape index (κ2) is 6.54. The highest BCUT2D eigenvalue weighted by atomic mass is 79.9. The Kier molecular flexibility index (Phi) is 5.68. The van der Waals surface area contributed by atoms with Crippen LogP contribution < -0.4 is 0 Å². The van der Waals surface area contributed by atoms with Crippen LogP contribution in [0.3, 0.4) is 0 Å². The normalized spacial score (nSPS) is 12.4. The molecule has 0 atom stereocenters. The summed E-state index contributed by atoms with van der Waals surface area (Å²) in [7, 11) is -3.53. The lowest BCUT2D eigenvalue weighted by molar-refractivity contribution is 0.316. The van der Waals surface area contributed by atoms with Crippen LogP contribution in [0.4, 0.5) is 0 Å². The van der Waals surface area contributed by atoms with Gasteiger partial charge in [-0.05, 0) is 40.6 Å². The fraction of sp³-hybridized carbons (Fsp3) is 0.400. The summed E-state index contributed by atoms with van der Waals surface area (Å²) in [6, 6.07) is 3.71. The lowest BCUT2D eigenvalue weighted by Gasteiger charge is -1.98. The highest BCUT2D eigenvalue weighted by Crippen LogP contribution is 2.23. The molecule has 0 fully saturated rings. The second-order valence-corrected chi connectivity index (χ2v) is 7.10. The van der Waals surface area contributed by atoms with Gasteiger partial charge >= 0.3 is 0 Å². The summed E-state index contributed by atoms with van der Waals surface area (Å²) in [5.41, 5.74) is 0. The van der Waals surface area contributed by atoms with Crippen LogP contribution in [0, 0.1) is 0 Å². The fourth-order valence-corrected chi connectivity index (χ4v) is 3.08. The number of thiophene rings is 1. The Morgan fingerprint density at radius 3 is 2.81 bits per heavy atom. The van der Waals surface area contributed by atoms with Gasteiger partial charge in [-0.3, -0.25) is 4.18 Å². The molecule has 1 aromatic heterocycles. The Balaban J connectivity index is 2.55. The average molecular weight is 325 g/mol. The molecule has 1 heterocycles. The molecule has 0 aromatic carbocycles. The maximum atomic E-state index is 11.4. The average Bonchev–Trinajstić information content (AvgIpc) is 2.62. The quantitative estimate of drug-likeness (QED) is 0.592. The van der Waals surface area contributed by atoms with Gasteiger partial charge in [0.25, 0.3) is 10.1 Å². The van der Waals surface area contributed by atoms with E-state index in [0.29, 0.717) is 0 Å². The molecular formula is C10H13BrO3S2. The van der Waals surface area contributed by atoms with Crippen molar-refractivity contribution in [3.05, 3.63) is 26.2 Å². The van der Waals surface area contributed by atoms with Crippen LogP contribution in [0.25, 0.3) is 6.08 Å². The first-order chi connectivity index (χ1) is 7.53. The molecule has 6 heteroatoms. The summed E-state index contributed by atoms with van der Waals surface area (Å²) < 4.78 is 28.5. The third kappa shape index (κ3) is 5.25. The summed E-state index contributed by atoms with van der Waals surface area (Å²) >= 11 is 4.77. The van der Waals surface area contributed by atoms with E-state index in [9.17, 15) is 8.42 Å². The number of rotatable bonds is 6. The predicted octanol–water partition coefficient (Wildman–Crippen LogP) is 3.63. The molecule has 16 heavy (non-hydrogen) atoms. The van der Waals surface area contributed by atoms with Crippen molar-refractivity contribution < 1.29 is 12.6 Å². The smallest absolute Gasteiger partial charge is 0.267 e. The predicted molar refractivity (Wildman–Crippen MR) is 70.8 cm³/mol. The molecule has 3 nitrogen and oxygen atoms in total. The van der Waals surface area contributed by atoms with E-state index in [1.165, 1.54) is 17.4 Å². The topological polar surface area (TPSA) is 43.4 Å². The molecule has 0 bridgehead atoms. The zero-order chi connectivity index (χ0) is 12.0. The SMILES string of the molecule is CCCCOS(=O)(=O)C=Cc1ccc(Br)s1. The molecule has 0 saturated carbocycles. The van der Waals surface area contributed by atoms with Gasteiger partial charge in [-0.15, -0.1) is 11.3 Å². The van der Waals surface area contributed by atoms with E-state index in [-0.39, 0.29) is 6.61 Å². The maximum Gasteiger partial charge on any atom is 0.290 e. The van der Waals surface area contributed by atoms with Gasteiger partial charge in [0.2, 0.25) is 0 Å². The van der Waals surface area contributed by atoms with Gasteiger partial charge in [0.05, 0.1) is 15.8 Å². The lowest BCUT2D eigenvalue weighted by Crippen LogP contribution is -2.02. The van der Waals surface area contributed by atoms with Crippen LogP contribution in [-0.2, 0) is 14.3 Å². The van der Waals surface area contributed by atoms with Crippen molar-refractivity contribution in [1.82, 2.24) is 0 Å². The van der Waals surface area contributed by atoms with Crippen molar-refractivity contribution in [3.8, 4) is 0 Å². The van der Waals surface area contributed by atoms with E-state index in [4.69, 9.17) is 4.18 Å². The summed E-state index contributed by atoms with van der Waals surface area (Å²) in [6.45, 7) is 2.23. The third-order valence-corrected chi connectivity index (χ3v) is 4.29. The third-order valence-electron chi connectivity index (χ3n) is 1.74. The molecule has 90 valence electrons. The van der Waals surface area contributed by atoms with E-state index in [2.05, 4.69) is 15.9 Å². The van der Waals surface area contributed by atoms with Gasteiger partial charge in [-0.1, -0.05) is 13.3 Å². The molecule has 0 aliphatic heterocycles. The molecule has 0 unspecified atom stereocenters. The molecule has 0 aliphatic rings. The molecule has 1 rings (SSSR count). The number of hydrogen-bond acceptors (Lipinski definition) is 4. The summed E-state index contributed by atoms with van der Waals surface area (Å²) in [5, 5.41) is 1.10. The number of hydrogen-bond donors (Lipinski definition) is 0. The Bertz CT molecular complexity index is 448. The van der Waals surface area contributed by atoms with Crippen molar-refractivity contribution >= 4 is 43.5 Å². The molecule has 0 aliphatic carbocycles. The first-order valence-electron chi connectivity index (χ1n) is 4.86. The van der Waals surface area contributed by atoms with Crippen molar-refractivity contribution in [3.63, 3.8) is 0 Å². The Morgan fingerprint density at radius 1 is 1.50 bits per heavy atom. The first kappa shape index (κ1) is 13.9. The van der Waals surface area contributed by atoms with Crippen LogP contribution >= 0.6 is 27.3 Å². The van der Waals surface area contributed by atoms with Crippen LogP contribution in [0.1, 0.15) is 24.6 Å². The summed E-state index contributed by atoms with van der Waals surface area (Å²) in [4.78, 5) is 0.870. The lowest BCUT2D eigenvalue weighted by atomic mass is 10.4. The van der Waals surface area contributed by atoms with Crippen molar-refractivity contribution in [2.45, 2.75) is 19.8 Å². The Hall–Kier alpha value is -0.170. The largest absolute Gasteiger partial charge is 0.290 e. The van der Waals surface area contributed by atoms with Gasteiger partial charge in [0.1, 0.15) is 0 Å². The summed E-state index contributed by atoms with van der Waals surface area (Å²) in [5.74, 6) is 0. The second-order valence-electron chi connectivity index (χ2n) is 3.11. The fourth-order valence-electron chi connectivity index (χ4n) is 0.927. The minimum atomic E-state index is -3.53. The minimum absolute atomic E-state index is 0.247. The van der Waals surface area contributed by atoms with Gasteiger partial charge in [0, 0.05) is 4.88 Å². The van der Waals surface area contributed by atoms with E-state index in [1.807, 2.05) is 19.1 Å². The molecule has 0 radical (unpaired) electrons. The van der Waals surface area contributed by atoms with Crippen LogP contribution in [0.15, 0.2) is 21.3 Å². The first-order valence-corrected chi connectivity index (χ1v) is 7.94. The van der Waals surface area contributed by atoms with E-state index in [1.54, 1.807) is 0 Å². The molecule has 0 N–H and O–H groups in total. The minimum Gasteiger partial charge on any atom is -0.267 e. The maximum absolute atomic E-state index is 11.4. The molecule has 0 amide bonds. The Morgan fingerprint density at radius 2 is 2.25 bits per heavy atom. The van der Waals surface area contributed by atoms with Crippen LogP contribution in [0.5, 0.6) is 0 Å². The monoisotopic (exact) mass is 324 g/mol. The molecular weight excluding hydrogens is 312 g/mol. The van der Waals surface area contributed by atoms with Crippen molar-refractivity contribution in [1.29, 1.82) is 0 Å². The van der Waals surface area contributed by atoms with Gasteiger partial charge in [-0.2, -0.15) is 8.42 Å². The van der Waals surface area contributed by atoms with Crippen LogP contribution in [-0.4, -0.2) is 15.0 Å².